The number of benzene rings is 6. The van der Waals surface area contributed by atoms with E-state index in [-0.39, 0.29) is 23.6 Å². The van der Waals surface area contributed by atoms with Crippen molar-refractivity contribution >= 4 is 57.7 Å². The second-order valence-corrected chi connectivity index (χ2v) is 19.7. The summed E-state index contributed by atoms with van der Waals surface area (Å²) in [5.74, 6) is -1.50. The zero-order valence-electron chi connectivity index (χ0n) is 40.2. The van der Waals surface area contributed by atoms with Crippen molar-refractivity contribution in [1.29, 1.82) is 0 Å². The van der Waals surface area contributed by atoms with Crippen LogP contribution in [0, 0.1) is 0 Å². The summed E-state index contributed by atoms with van der Waals surface area (Å²) in [5, 5.41) is 10.2. The summed E-state index contributed by atoms with van der Waals surface area (Å²) >= 11 is 3.12. The normalized spacial score (nSPS) is 17.0. The van der Waals surface area contributed by atoms with Crippen molar-refractivity contribution in [1.82, 2.24) is 9.80 Å². The first-order valence-electron chi connectivity index (χ1n) is 24.0. The number of fused-ring (bicyclic) bond motifs is 2. The Balaban J connectivity index is 0.000000178. The molecule has 2 N–H and O–H groups in total. The van der Waals surface area contributed by atoms with Crippen molar-refractivity contribution in [3.8, 4) is 0 Å². The van der Waals surface area contributed by atoms with Crippen LogP contribution >= 0.6 is 22.7 Å². The van der Waals surface area contributed by atoms with E-state index in [9.17, 15) is 19.2 Å². The number of amides is 4. The molecule has 4 heterocycles. The molecule has 72 heavy (non-hydrogen) atoms. The van der Waals surface area contributed by atoms with Crippen molar-refractivity contribution in [2.24, 2.45) is 0 Å². The van der Waals surface area contributed by atoms with Crippen LogP contribution in [0.4, 0.5) is 11.4 Å². The van der Waals surface area contributed by atoms with E-state index >= 15 is 0 Å². The molecule has 2 aliphatic rings. The van der Waals surface area contributed by atoms with Gasteiger partial charge in [-0.25, -0.2) is 0 Å². The maximum absolute atomic E-state index is 14.0. The lowest BCUT2D eigenvalue weighted by molar-refractivity contribution is -0.120. The number of nitrogens with one attached hydrogen (secondary N) is 2. The van der Waals surface area contributed by atoms with Gasteiger partial charge in [-0.3, -0.25) is 19.2 Å². The molecule has 2 aromatic heterocycles. The van der Waals surface area contributed by atoms with Gasteiger partial charge in [0.2, 0.25) is 11.8 Å². The number of carbonyl (C=O) groups excluding carboxylic acids is 4. The SMILES string of the molecule is COCCN1C(=O)c2ccccc2C(C(=O)Nc2ccc(Cc3ccccc3)cc2)C1c1cccs1.COCCN1C(=O)c2ccccc2C(C(=O)Nc2cccc(Cc3ccccc3)c2)C1c1cccs1. The highest BCUT2D eigenvalue weighted by molar-refractivity contribution is 7.10. The standard InChI is InChI=1S/2C30H28N2O3S/c1-35-17-16-32-28(26-15-8-18-36-26)27(24-13-5-6-14-25(24)30(32)34)29(33)31-23-12-7-11-22(20-23)19-21-9-3-2-4-10-21;1-35-18-17-32-28(26-12-7-19-36-26)27(24-10-5-6-11-25(24)30(32)34)29(33)31-23-15-13-22(14-16-23)20-21-8-3-2-4-9-21/h2-15,18,20,27-28H,16-17,19H2,1H3,(H,31,33);2-16,19,27-28H,17-18,20H2,1H3,(H,31,33). The fourth-order valence-corrected chi connectivity index (χ4v) is 11.5. The minimum absolute atomic E-state index is 0.0737. The number of carbonyl (C=O) groups is 4. The van der Waals surface area contributed by atoms with E-state index in [1.54, 1.807) is 52.8 Å². The van der Waals surface area contributed by atoms with E-state index in [2.05, 4.69) is 41.0 Å². The molecule has 6 aromatic carbocycles. The zero-order chi connectivity index (χ0) is 49.8. The predicted molar refractivity (Wildman–Crippen MR) is 287 cm³/mol. The number of rotatable bonds is 16. The quantitative estimate of drug-likeness (QED) is 0.0996. The van der Waals surface area contributed by atoms with E-state index < -0.39 is 23.9 Å². The lowest BCUT2D eigenvalue weighted by Gasteiger charge is -2.41. The smallest absolute Gasteiger partial charge is 0.254 e. The van der Waals surface area contributed by atoms with Crippen LogP contribution in [0.1, 0.15) is 87.8 Å². The Morgan fingerprint density at radius 1 is 0.472 bits per heavy atom. The summed E-state index contributed by atoms with van der Waals surface area (Å²) in [6, 6.07) is 58.5. The molecule has 364 valence electrons. The number of ether oxygens (including phenoxy) is 2. The summed E-state index contributed by atoms with van der Waals surface area (Å²) in [7, 11) is 3.24. The van der Waals surface area contributed by atoms with Gasteiger partial charge in [0, 0.05) is 59.6 Å². The fraction of sp³-hybridized carbons (Fsp3) is 0.200. The molecule has 0 saturated heterocycles. The minimum atomic E-state index is -0.549. The van der Waals surface area contributed by atoms with Gasteiger partial charge in [0.25, 0.3) is 11.8 Å². The maximum Gasteiger partial charge on any atom is 0.254 e. The molecular weight excluding hydrogens is 937 g/mol. The van der Waals surface area contributed by atoms with E-state index in [4.69, 9.17) is 9.47 Å². The second-order valence-electron chi connectivity index (χ2n) is 17.7. The van der Waals surface area contributed by atoms with Gasteiger partial charge < -0.3 is 29.9 Å². The Hall–Kier alpha value is -7.48. The average Bonchev–Trinajstić information content (AvgIpc) is 4.16. The van der Waals surface area contributed by atoms with Crippen molar-refractivity contribution < 1.29 is 28.7 Å². The maximum atomic E-state index is 14.0. The topological polar surface area (TPSA) is 117 Å². The number of methoxy groups -OCH3 is 2. The Morgan fingerprint density at radius 3 is 1.38 bits per heavy atom. The summed E-state index contributed by atoms with van der Waals surface area (Å²) in [4.78, 5) is 60.3. The molecule has 2 aliphatic heterocycles. The molecule has 0 saturated carbocycles. The Morgan fingerprint density at radius 2 is 0.903 bits per heavy atom. The monoisotopic (exact) mass is 992 g/mol. The van der Waals surface area contributed by atoms with Gasteiger partial charge in [-0.2, -0.15) is 0 Å². The van der Waals surface area contributed by atoms with Crippen LogP contribution in [-0.4, -0.2) is 74.0 Å². The van der Waals surface area contributed by atoms with Crippen molar-refractivity contribution in [3.05, 3.63) is 247 Å². The number of hydrogen-bond acceptors (Lipinski definition) is 8. The predicted octanol–water partition coefficient (Wildman–Crippen LogP) is 11.8. The number of hydrogen-bond donors (Lipinski definition) is 2. The Labute approximate surface area is 428 Å². The van der Waals surface area contributed by atoms with Gasteiger partial charge in [0.15, 0.2) is 0 Å². The van der Waals surface area contributed by atoms with Crippen molar-refractivity contribution in [3.63, 3.8) is 0 Å². The third kappa shape index (κ3) is 11.3. The van der Waals surface area contributed by atoms with Gasteiger partial charge in [0.1, 0.15) is 0 Å². The van der Waals surface area contributed by atoms with E-state index in [1.165, 1.54) is 16.7 Å². The fourth-order valence-electron chi connectivity index (χ4n) is 9.74. The average molecular weight is 993 g/mol. The zero-order valence-corrected chi connectivity index (χ0v) is 41.8. The third-order valence-electron chi connectivity index (χ3n) is 13.1. The minimum Gasteiger partial charge on any atom is -0.383 e. The number of anilines is 2. The Kier molecular flexibility index (Phi) is 16.2. The van der Waals surface area contributed by atoms with Gasteiger partial charge in [-0.15, -0.1) is 22.7 Å². The second kappa shape index (κ2) is 23.6. The van der Waals surface area contributed by atoms with Crippen LogP contribution in [0.25, 0.3) is 0 Å². The summed E-state index contributed by atoms with van der Waals surface area (Å²) in [6.07, 6.45) is 1.62. The summed E-state index contributed by atoms with van der Waals surface area (Å²) in [5.41, 5.74) is 8.89. The van der Waals surface area contributed by atoms with Crippen LogP contribution < -0.4 is 10.6 Å². The molecule has 0 spiro atoms. The number of nitrogens with zero attached hydrogens (tertiary/aromatic N) is 2. The van der Waals surface area contributed by atoms with Crippen LogP contribution in [-0.2, 0) is 31.9 Å². The molecule has 8 aromatic rings. The molecule has 12 heteroatoms. The molecule has 10 rings (SSSR count). The molecular formula is C60H56N4O6S2. The van der Waals surface area contributed by atoms with Crippen LogP contribution in [0.2, 0.25) is 0 Å². The highest BCUT2D eigenvalue weighted by atomic mass is 32.1. The molecule has 0 radical (unpaired) electrons. The van der Waals surface area contributed by atoms with Gasteiger partial charge in [-0.1, -0.05) is 133 Å². The Bertz CT molecular complexity index is 3070. The molecule has 10 nitrogen and oxygen atoms in total. The van der Waals surface area contributed by atoms with E-state index in [1.807, 2.05) is 156 Å². The lowest BCUT2D eigenvalue weighted by atomic mass is 9.81. The van der Waals surface area contributed by atoms with Crippen LogP contribution in [0.15, 0.2) is 193 Å². The van der Waals surface area contributed by atoms with Crippen LogP contribution in [0.3, 0.4) is 0 Å². The molecule has 4 amide bonds. The van der Waals surface area contributed by atoms with Crippen LogP contribution in [0.5, 0.6) is 0 Å². The molecule has 0 bridgehead atoms. The first-order chi connectivity index (χ1) is 35.3. The largest absolute Gasteiger partial charge is 0.383 e. The van der Waals surface area contributed by atoms with Gasteiger partial charge in [-0.05, 0) is 106 Å². The van der Waals surface area contributed by atoms with E-state index in [0.29, 0.717) is 37.4 Å². The van der Waals surface area contributed by atoms with Crippen molar-refractivity contribution in [2.75, 3.05) is 51.2 Å². The first-order valence-corrected chi connectivity index (χ1v) is 25.8. The summed E-state index contributed by atoms with van der Waals surface area (Å²) < 4.78 is 10.6. The molecule has 4 unspecified atom stereocenters. The van der Waals surface area contributed by atoms with Gasteiger partial charge in [0.05, 0.1) is 37.1 Å². The third-order valence-corrected chi connectivity index (χ3v) is 15.0. The molecule has 4 atom stereocenters. The van der Waals surface area contributed by atoms with Crippen molar-refractivity contribution in [2.45, 2.75) is 36.8 Å². The molecule has 0 fully saturated rings. The van der Waals surface area contributed by atoms with Gasteiger partial charge >= 0.3 is 0 Å². The first kappa shape index (κ1) is 49.5. The highest BCUT2D eigenvalue weighted by Gasteiger charge is 2.46. The lowest BCUT2D eigenvalue weighted by Crippen LogP contribution is -2.47. The summed E-state index contributed by atoms with van der Waals surface area (Å²) in [6.45, 7) is 1.60. The highest BCUT2D eigenvalue weighted by Crippen LogP contribution is 2.46. The molecule has 0 aliphatic carbocycles. The van der Waals surface area contributed by atoms with E-state index in [0.717, 1.165) is 50.7 Å². The number of thiophene rings is 2.